The van der Waals surface area contributed by atoms with Gasteiger partial charge >= 0.3 is 0 Å². The number of rotatable bonds is 6. The van der Waals surface area contributed by atoms with Crippen LogP contribution in [0, 0.1) is 5.82 Å². The molecule has 0 saturated carbocycles. The Morgan fingerprint density at radius 1 is 1.31 bits per heavy atom. The van der Waals surface area contributed by atoms with Gasteiger partial charge in [0.2, 0.25) is 0 Å². The SMILES string of the molecule is CC(C)OCCOc1c(F)cccc1CCl. The molecule has 0 unspecified atom stereocenters. The number of halogens is 2. The summed E-state index contributed by atoms with van der Waals surface area (Å²) < 4.78 is 24.0. The van der Waals surface area contributed by atoms with Crippen LogP contribution < -0.4 is 4.74 Å². The highest BCUT2D eigenvalue weighted by Crippen LogP contribution is 2.23. The quantitative estimate of drug-likeness (QED) is 0.566. The smallest absolute Gasteiger partial charge is 0.165 e. The fourth-order valence-electron chi connectivity index (χ4n) is 1.25. The third kappa shape index (κ3) is 3.99. The minimum Gasteiger partial charge on any atom is -0.488 e. The van der Waals surface area contributed by atoms with Gasteiger partial charge in [0.15, 0.2) is 11.6 Å². The highest BCUT2D eigenvalue weighted by molar-refractivity contribution is 6.17. The minimum absolute atomic E-state index is 0.150. The average molecular weight is 247 g/mol. The maximum Gasteiger partial charge on any atom is 0.165 e. The molecule has 0 amide bonds. The molecule has 90 valence electrons. The van der Waals surface area contributed by atoms with E-state index in [4.69, 9.17) is 21.1 Å². The van der Waals surface area contributed by atoms with Gasteiger partial charge in [-0.05, 0) is 19.9 Å². The van der Waals surface area contributed by atoms with Crippen molar-refractivity contribution in [3.63, 3.8) is 0 Å². The van der Waals surface area contributed by atoms with Crippen LogP contribution in [-0.4, -0.2) is 19.3 Å². The van der Waals surface area contributed by atoms with Crippen molar-refractivity contribution in [1.29, 1.82) is 0 Å². The molecule has 1 aromatic rings. The molecule has 0 heterocycles. The van der Waals surface area contributed by atoms with E-state index in [-0.39, 0.29) is 23.6 Å². The van der Waals surface area contributed by atoms with E-state index in [0.717, 1.165) is 0 Å². The van der Waals surface area contributed by atoms with E-state index < -0.39 is 0 Å². The van der Waals surface area contributed by atoms with Gasteiger partial charge in [-0.1, -0.05) is 12.1 Å². The number of benzene rings is 1. The van der Waals surface area contributed by atoms with Crippen LogP contribution in [0.3, 0.4) is 0 Å². The van der Waals surface area contributed by atoms with E-state index in [1.54, 1.807) is 12.1 Å². The van der Waals surface area contributed by atoms with Crippen LogP contribution in [0.25, 0.3) is 0 Å². The summed E-state index contributed by atoms with van der Waals surface area (Å²) in [5, 5.41) is 0. The molecule has 4 heteroatoms. The summed E-state index contributed by atoms with van der Waals surface area (Å²) in [4.78, 5) is 0. The molecule has 0 aliphatic rings. The molecule has 0 aliphatic carbocycles. The van der Waals surface area contributed by atoms with Crippen molar-refractivity contribution < 1.29 is 13.9 Å². The maximum atomic E-state index is 13.4. The van der Waals surface area contributed by atoms with Gasteiger partial charge < -0.3 is 9.47 Å². The van der Waals surface area contributed by atoms with E-state index in [0.29, 0.717) is 18.8 Å². The molecular weight excluding hydrogens is 231 g/mol. The van der Waals surface area contributed by atoms with E-state index >= 15 is 0 Å². The van der Waals surface area contributed by atoms with Gasteiger partial charge in [0.1, 0.15) is 6.61 Å². The Morgan fingerprint density at radius 3 is 2.69 bits per heavy atom. The first-order chi connectivity index (χ1) is 7.65. The van der Waals surface area contributed by atoms with Gasteiger partial charge in [-0.3, -0.25) is 0 Å². The van der Waals surface area contributed by atoms with Gasteiger partial charge in [0, 0.05) is 5.56 Å². The van der Waals surface area contributed by atoms with Crippen molar-refractivity contribution in [2.75, 3.05) is 13.2 Å². The van der Waals surface area contributed by atoms with Gasteiger partial charge in [0.25, 0.3) is 0 Å². The lowest BCUT2D eigenvalue weighted by Gasteiger charge is -2.12. The fraction of sp³-hybridized carbons (Fsp3) is 0.500. The molecule has 0 saturated heterocycles. The Labute approximate surface area is 100 Å². The minimum atomic E-state index is -0.386. The Bertz CT molecular complexity index is 329. The van der Waals surface area contributed by atoms with Crippen LogP contribution in [-0.2, 0) is 10.6 Å². The van der Waals surface area contributed by atoms with Gasteiger partial charge in [-0.15, -0.1) is 11.6 Å². The fourth-order valence-corrected chi connectivity index (χ4v) is 1.46. The molecular formula is C12H16ClFO2. The van der Waals surface area contributed by atoms with Crippen LogP contribution in [0.5, 0.6) is 5.75 Å². The van der Waals surface area contributed by atoms with E-state index in [2.05, 4.69) is 0 Å². The molecule has 1 aromatic carbocycles. The van der Waals surface area contributed by atoms with Gasteiger partial charge in [-0.25, -0.2) is 4.39 Å². The second kappa shape index (κ2) is 6.71. The molecule has 0 aliphatic heterocycles. The molecule has 16 heavy (non-hydrogen) atoms. The largest absolute Gasteiger partial charge is 0.488 e. The first kappa shape index (κ1) is 13.3. The number of hydrogen-bond donors (Lipinski definition) is 0. The van der Waals surface area contributed by atoms with Crippen molar-refractivity contribution in [3.05, 3.63) is 29.6 Å². The first-order valence-corrected chi connectivity index (χ1v) is 5.76. The van der Waals surface area contributed by atoms with Crippen molar-refractivity contribution in [1.82, 2.24) is 0 Å². The molecule has 0 fully saturated rings. The van der Waals surface area contributed by atoms with Gasteiger partial charge in [0.05, 0.1) is 18.6 Å². The normalized spacial score (nSPS) is 10.8. The third-order valence-corrected chi connectivity index (χ3v) is 2.26. The molecule has 2 nitrogen and oxygen atoms in total. The molecule has 1 rings (SSSR count). The Morgan fingerprint density at radius 2 is 2.06 bits per heavy atom. The van der Waals surface area contributed by atoms with Crippen molar-refractivity contribution in [2.45, 2.75) is 25.8 Å². The summed E-state index contributed by atoms with van der Waals surface area (Å²) >= 11 is 5.69. The van der Waals surface area contributed by atoms with E-state index in [1.807, 2.05) is 13.8 Å². The molecule has 0 aromatic heterocycles. The highest BCUT2D eigenvalue weighted by atomic mass is 35.5. The van der Waals surface area contributed by atoms with E-state index in [1.165, 1.54) is 6.07 Å². The lowest BCUT2D eigenvalue weighted by Crippen LogP contribution is -2.12. The summed E-state index contributed by atoms with van der Waals surface area (Å²) in [6.45, 7) is 4.64. The van der Waals surface area contributed by atoms with Crippen LogP contribution in [0.4, 0.5) is 4.39 Å². The van der Waals surface area contributed by atoms with Crippen LogP contribution in [0.2, 0.25) is 0 Å². The molecule has 0 atom stereocenters. The molecule has 0 radical (unpaired) electrons. The van der Waals surface area contributed by atoms with E-state index in [9.17, 15) is 4.39 Å². The van der Waals surface area contributed by atoms with Crippen molar-refractivity contribution >= 4 is 11.6 Å². The van der Waals surface area contributed by atoms with Crippen LogP contribution >= 0.6 is 11.6 Å². The standard InChI is InChI=1S/C12H16ClFO2/c1-9(2)15-6-7-16-12-10(8-13)4-3-5-11(12)14/h3-5,9H,6-8H2,1-2H3. The van der Waals surface area contributed by atoms with Crippen molar-refractivity contribution in [3.8, 4) is 5.75 Å². The summed E-state index contributed by atoms with van der Waals surface area (Å²) in [5.74, 6) is 0.0746. The zero-order valence-corrected chi connectivity index (χ0v) is 10.3. The van der Waals surface area contributed by atoms with Crippen molar-refractivity contribution in [2.24, 2.45) is 0 Å². The zero-order chi connectivity index (χ0) is 12.0. The monoisotopic (exact) mass is 246 g/mol. The lowest BCUT2D eigenvalue weighted by atomic mass is 10.2. The lowest BCUT2D eigenvalue weighted by molar-refractivity contribution is 0.0542. The first-order valence-electron chi connectivity index (χ1n) is 5.23. The summed E-state index contributed by atoms with van der Waals surface area (Å²) in [5.41, 5.74) is 0.659. The second-order valence-electron chi connectivity index (χ2n) is 3.63. The molecule has 0 spiro atoms. The predicted octanol–water partition coefficient (Wildman–Crippen LogP) is 3.37. The second-order valence-corrected chi connectivity index (χ2v) is 3.90. The summed E-state index contributed by atoms with van der Waals surface area (Å²) in [6.07, 6.45) is 0.150. The van der Waals surface area contributed by atoms with Crippen LogP contribution in [0.15, 0.2) is 18.2 Å². The average Bonchev–Trinajstić information content (AvgIpc) is 2.25. The van der Waals surface area contributed by atoms with Gasteiger partial charge in [-0.2, -0.15) is 0 Å². The Hall–Kier alpha value is -0.800. The number of hydrogen-bond acceptors (Lipinski definition) is 2. The molecule has 0 N–H and O–H groups in total. The number of para-hydroxylation sites is 1. The van der Waals surface area contributed by atoms with Crippen LogP contribution in [0.1, 0.15) is 19.4 Å². The maximum absolute atomic E-state index is 13.4. The molecule has 0 bridgehead atoms. The number of alkyl halides is 1. The topological polar surface area (TPSA) is 18.5 Å². The highest BCUT2D eigenvalue weighted by Gasteiger charge is 2.08. The predicted molar refractivity (Wildman–Crippen MR) is 62.5 cm³/mol. The summed E-state index contributed by atoms with van der Waals surface area (Å²) in [6, 6.07) is 4.72. The summed E-state index contributed by atoms with van der Waals surface area (Å²) in [7, 11) is 0. The zero-order valence-electron chi connectivity index (χ0n) is 9.50. The number of ether oxygens (including phenoxy) is 2. The Balaban J connectivity index is 2.52. The Kier molecular flexibility index (Phi) is 5.56. The third-order valence-electron chi connectivity index (χ3n) is 1.97.